The van der Waals surface area contributed by atoms with Crippen molar-refractivity contribution in [3.63, 3.8) is 0 Å². The van der Waals surface area contributed by atoms with Gasteiger partial charge in [-0.15, -0.1) is 0 Å². The predicted octanol–water partition coefficient (Wildman–Crippen LogP) is 3.49. The topological polar surface area (TPSA) is 3.24 Å². The van der Waals surface area contributed by atoms with E-state index >= 15 is 0 Å². The Hall–Kier alpha value is -0.820. The maximum atomic E-state index is 2.69. The molecule has 0 N–H and O–H groups in total. The molecule has 0 spiro atoms. The average molecular weight is 217 g/mol. The summed E-state index contributed by atoms with van der Waals surface area (Å²) >= 11 is 0. The molecule has 0 bridgehead atoms. The second kappa shape index (κ2) is 6.05. The zero-order chi connectivity index (χ0) is 11.2. The Bertz CT molecular complexity index is 288. The van der Waals surface area contributed by atoms with Crippen molar-refractivity contribution in [1.29, 1.82) is 0 Å². The molecule has 1 heteroatoms. The zero-order valence-electron chi connectivity index (χ0n) is 10.4. The number of rotatable bonds is 4. The maximum Gasteiger partial charge on any atom is 0.0133 e. The van der Waals surface area contributed by atoms with Crippen LogP contribution in [0, 0.1) is 0 Å². The van der Waals surface area contributed by atoms with E-state index in [9.17, 15) is 0 Å². The smallest absolute Gasteiger partial charge is 0.0133 e. The van der Waals surface area contributed by atoms with Crippen LogP contribution in [0.5, 0.6) is 0 Å². The first-order valence-electron chi connectivity index (χ1n) is 6.68. The highest BCUT2D eigenvalue weighted by Crippen LogP contribution is 2.17. The van der Waals surface area contributed by atoms with Crippen molar-refractivity contribution in [2.24, 2.45) is 0 Å². The molecule has 1 aliphatic rings. The molecule has 0 aliphatic carbocycles. The number of nitrogens with zero attached hydrogens (tertiary/aromatic N) is 1. The summed E-state index contributed by atoms with van der Waals surface area (Å²) in [6.07, 6.45) is 6.71. The normalized spacial score (nSPS) is 19.6. The molecular formula is C15H23N. The van der Waals surface area contributed by atoms with Crippen molar-refractivity contribution in [2.45, 2.75) is 45.1 Å². The lowest BCUT2D eigenvalue weighted by atomic mass is 10.00. The molecule has 1 heterocycles. The van der Waals surface area contributed by atoms with Crippen LogP contribution in [0.1, 0.15) is 38.2 Å². The Balaban J connectivity index is 1.94. The van der Waals surface area contributed by atoms with Gasteiger partial charge in [0, 0.05) is 6.04 Å². The van der Waals surface area contributed by atoms with Crippen LogP contribution in [0.25, 0.3) is 0 Å². The molecule has 88 valence electrons. The third kappa shape index (κ3) is 3.08. The molecule has 1 fully saturated rings. The first kappa shape index (κ1) is 11.7. The minimum absolute atomic E-state index is 0.752. The summed E-state index contributed by atoms with van der Waals surface area (Å²) in [5, 5.41) is 0. The third-order valence-corrected chi connectivity index (χ3v) is 3.69. The van der Waals surface area contributed by atoms with E-state index in [1.54, 1.807) is 0 Å². The van der Waals surface area contributed by atoms with Gasteiger partial charge >= 0.3 is 0 Å². The summed E-state index contributed by atoms with van der Waals surface area (Å²) in [5.74, 6) is 0. The van der Waals surface area contributed by atoms with Crippen LogP contribution in [-0.2, 0) is 6.42 Å². The highest BCUT2D eigenvalue weighted by Gasteiger charge is 2.18. The van der Waals surface area contributed by atoms with Gasteiger partial charge < -0.3 is 4.90 Å². The Morgan fingerprint density at radius 2 is 1.75 bits per heavy atom. The van der Waals surface area contributed by atoms with Crippen LogP contribution >= 0.6 is 0 Å². The molecule has 0 radical (unpaired) electrons. The van der Waals surface area contributed by atoms with Gasteiger partial charge in [-0.3, -0.25) is 0 Å². The lowest BCUT2D eigenvalue weighted by molar-refractivity contribution is 0.158. The highest BCUT2D eigenvalue weighted by molar-refractivity contribution is 5.15. The van der Waals surface area contributed by atoms with Crippen LogP contribution < -0.4 is 0 Å². The fourth-order valence-electron chi connectivity index (χ4n) is 2.70. The molecule has 16 heavy (non-hydrogen) atoms. The maximum absolute atomic E-state index is 2.69. The third-order valence-electron chi connectivity index (χ3n) is 3.69. The van der Waals surface area contributed by atoms with Crippen molar-refractivity contribution >= 4 is 0 Å². The number of piperidine rings is 1. The summed E-state index contributed by atoms with van der Waals surface area (Å²) in [7, 11) is 0. The fraction of sp³-hybridized carbons (Fsp3) is 0.600. The number of hydrogen-bond donors (Lipinski definition) is 0. The molecule has 1 saturated heterocycles. The molecule has 1 atom stereocenters. The molecular weight excluding hydrogens is 194 g/mol. The number of hydrogen-bond acceptors (Lipinski definition) is 1. The molecule has 1 unspecified atom stereocenters. The Labute approximate surface area is 99.5 Å². The second-order valence-corrected chi connectivity index (χ2v) is 4.85. The van der Waals surface area contributed by atoms with Crippen molar-refractivity contribution in [3.8, 4) is 0 Å². The van der Waals surface area contributed by atoms with Gasteiger partial charge in [-0.2, -0.15) is 0 Å². The molecule has 1 aromatic rings. The molecule has 2 rings (SSSR count). The summed E-state index contributed by atoms with van der Waals surface area (Å²) in [5.41, 5.74) is 1.49. The minimum atomic E-state index is 0.752. The van der Waals surface area contributed by atoms with Crippen LogP contribution in [0.2, 0.25) is 0 Å². The number of benzene rings is 1. The summed E-state index contributed by atoms with van der Waals surface area (Å²) in [6.45, 7) is 4.94. The standard InChI is InChI=1S/C15H23N/c1-2-15(16-11-7-4-8-12-16)13-14-9-5-3-6-10-14/h3,5-6,9-10,15H,2,4,7-8,11-13H2,1H3. The van der Waals surface area contributed by atoms with E-state index in [0.29, 0.717) is 0 Å². The van der Waals surface area contributed by atoms with Crippen molar-refractivity contribution in [2.75, 3.05) is 13.1 Å². The molecule has 0 amide bonds. The van der Waals surface area contributed by atoms with Crippen molar-refractivity contribution < 1.29 is 0 Å². The van der Waals surface area contributed by atoms with Gasteiger partial charge in [-0.25, -0.2) is 0 Å². The van der Waals surface area contributed by atoms with Gasteiger partial charge in [-0.1, -0.05) is 43.7 Å². The monoisotopic (exact) mass is 217 g/mol. The van der Waals surface area contributed by atoms with Gasteiger partial charge in [0.25, 0.3) is 0 Å². The average Bonchev–Trinajstić information content (AvgIpc) is 2.38. The van der Waals surface area contributed by atoms with Crippen LogP contribution in [-0.4, -0.2) is 24.0 Å². The first-order chi connectivity index (χ1) is 7.90. The van der Waals surface area contributed by atoms with E-state index in [-0.39, 0.29) is 0 Å². The summed E-state index contributed by atoms with van der Waals surface area (Å²) < 4.78 is 0. The first-order valence-corrected chi connectivity index (χ1v) is 6.68. The van der Waals surface area contributed by atoms with Gasteiger partial charge in [0.1, 0.15) is 0 Å². The van der Waals surface area contributed by atoms with Gasteiger partial charge in [0.2, 0.25) is 0 Å². The van der Waals surface area contributed by atoms with E-state index in [1.165, 1.54) is 50.8 Å². The molecule has 1 aromatic carbocycles. The Kier molecular flexibility index (Phi) is 4.41. The van der Waals surface area contributed by atoms with E-state index < -0.39 is 0 Å². The Morgan fingerprint density at radius 3 is 2.38 bits per heavy atom. The van der Waals surface area contributed by atoms with E-state index in [0.717, 1.165) is 6.04 Å². The minimum Gasteiger partial charge on any atom is -0.300 e. The Morgan fingerprint density at radius 1 is 1.06 bits per heavy atom. The summed E-state index contributed by atoms with van der Waals surface area (Å²) in [4.78, 5) is 2.69. The SMILES string of the molecule is CCC(Cc1ccccc1)N1CCCCC1. The van der Waals surface area contributed by atoms with Gasteiger partial charge in [-0.05, 0) is 44.3 Å². The largest absolute Gasteiger partial charge is 0.300 e. The van der Waals surface area contributed by atoms with E-state index in [2.05, 4.69) is 42.2 Å². The van der Waals surface area contributed by atoms with Crippen molar-refractivity contribution in [3.05, 3.63) is 35.9 Å². The molecule has 0 saturated carbocycles. The molecule has 1 nitrogen and oxygen atoms in total. The lowest BCUT2D eigenvalue weighted by Gasteiger charge is -2.34. The predicted molar refractivity (Wildman–Crippen MR) is 69.6 cm³/mol. The molecule has 0 aromatic heterocycles. The number of likely N-dealkylation sites (tertiary alicyclic amines) is 1. The molecule has 1 aliphatic heterocycles. The van der Waals surface area contributed by atoms with Crippen LogP contribution in [0.3, 0.4) is 0 Å². The van der Waals surface area contributed by atoms with Crippen LogP contribution in [0.4, 0.5) is 0 Å². The quantitative estimate of drug-likeness (QED) is 0.746. The second-order valence-electron chi connectivity index (χ2n) is 4.85. The van der Waals surface area contributed by atoms with E-state index in [1.807, 2.05) is 0 Å². The zero-order valence-corrected chi connectivity index (χ0v) is 10.4. The van der Waals surface area contributed by atoms with Crippen LogP contribution in [0.15, 0.2) is 30.3 Å². The van der Waals surface area contributed by atoms with Gasteiger partial charge in [0.15, 0.2) is 0 Å². The van der Waals surface area contributed by atoms with Crippen molar-refractivity contribution in [1.82, 2.24) is 4.90 Å². The van der Waals surface area contributed by atoms with Gasteiger partial charge in [0.05, 0.1) is 0 Å². The highest BCUT2D eigenvalue weighted by atomic mass is 15.2. The summed E-state index contributed by atoms with van der Waals surface area (Å²) in [6, 6.07) is 11.7. The lowest BCUT2D eigenvalue weighted by Crippen LogP contribution is -2.40. The fourth-order valence-corrected chi connectivity index (χ4v) is 2.70. The van der Waals surface area contributed by atoms with E-state index in [4.69, 9.17) is 0 Å².